The minimum atomic E-state index is -3.50. The summed E-state index contributed by atoms with van der Waals surface area (Å²) in [5, 5.41) is 2.47. The molecule has 0 spiro atoms. The monoisotopic (exact) mass is 358 g/mol. The first-order valence-electron chi connectivity index (χ1n) is 7.46. The van der Waals surface area contributed by atoms with Gasteiger partial charge in [-0.15, -0.1) is 0 Å². The Morgan fingerprint density at radius 1 is 1.12 bits per heavy atom. The molecule has 1 aliphatic rings. The largest absolute Gasteiger partial charge is 0.283 e. The predicted molar refractivity (Wildman–Crippen MR) is 94.3 cm³/mol. The van der Waals surface area contributed by atoms with Gasteiger partial charge in [0.2, 0.25) is 0 Å². The zero-order valence-corrected chi connectivity index (χ0v) is 14.3. The highest BCUT2D eigenvalue weighted by atomic mass is 32.2. The molecule has 3 aromatic rings. The van der Waals surface area contributed by atoms with E-state index in [1.54, 1.807) is 12.1 Å². The van der Waals surface area contributed by atoms with Crippen LogP contribution in [0.15, 0.2) is 69.6 Å². The Labute approximate surface area is 143 Å². The van der Waals surface area contributed by atoms with Crippen LogP contribution in [-0.2, 0) is 9.84 Å². The molecule has 2 aromatic carbocycles. The first-order valence-corrected chi connectivity index (χ1v) is 10.1. The van der Waals surface area contributed by atoms with Gasteiger partial charge in [0.25, 0.3) is 5.56 Å². The highest BCUT2D eigenvalue weighted by molar-refractivity contribution is 7.99. The summed E-state index contributed by atoms with van der Waals surface area (Å²) in [5.74, 6) is 0.440. The van der Waals surface area contributed by atoms with Crippen molar-refractivity contribution in [1.29, 1.82) is 0 Å². The minimum Gasteiger partial charge on any atom is -0.283 e. The molecule has 5 nitrogen and oxygen atoms in total. The van der Waals surface area contributed by atoms with Crippen molar-refractivity contribution in [2.45, 2.75) is 16.1 Å². The van der Waals surface area contributed by atoms with Gasteiger partial charge >= 0.3 is 0 Å². The van der Waals surface area contributed by atoms with Crippen LogP contribution in [0.2, 0.25) is 0 Å². The normalized spacial score (nSPS) is 17.1. The van der Waals surface area contributed by atoms with E-state index in [9.17, 15) is 13.2 Å². The standard InChI is InChI=1S/C17H14N2O3S2/c20-16-7-8-18-17-19(16)14(10-23-17)11-24(21,22)15-6-5-12-3-1-2-4-13(12)9-15/h1-9,14H,10-11H2/t14-/m0/s1. The van der Waals surface area contributed by atoms with Crippen molar-refractivity contribution in [3.05, 3.63) is 65.1 Å². The topological polar surface area (TPSA) is 69.0 Å². The number of benzene rings is 2. The third-order valence-electron chi connectivity index (χ3n) is 4.11. The van der Waals surface area contributed by atoms with E-state index < -0.39 is 9.84 Å². The molecule has 0 fully saturated rings. The number of nitrogens with zero attached hydrogens (tertiary/aromatic N) is 2. The fourth-order valence-corrected chi connectivity index (χ4v) is 5.74. The van der Waals surface area contributed by atoms with Gasteiger partial charge in [0.15, 0.2) is 15.0 Å². The van der Waals surface area contributed by atoms with Gasteiger partial charge in [0, 0.05) is 18.0 Å². The van der Waals surface area contributed by atoms with Crippen molar-refractivity contribution >= 4 is 32.4 Å². The van der Waals surface area contributed by atoms with Gasteiger partial charge < -0.3 is 0 Å². The van der Waals surface area contributed by atoms with Crippen molar-refractivity contribution in [1.82, 2.24) is 9.55 Å². The third-order valence-corrected chi connectivity index (χ3v) is 7.01. The molecular weight excluding hydrogens is 344 g/mol. The molecule has 0 saturated heterocycles. The lowest BCUT2D eigenvalue weighted by molar-refractivity contribution is 0.527. The van der Waals surface area contributed by atoms with Crippen LogP contribution in [0.3, 0.4) is 0 Å². The molecule has 0 aliphatic carbocycles. The average Bonchev–Trinajstić information content (AvgIpc) is 2.98. The Kier molecular flexibility index (Phi) is 3.69. The first kappa shape index (κ1) is 15.4. The molecule has 0 N–H and O–H groups in total. The predicted octanol–water partition coefficient (Wildman–Crippen LogP) is 2.52. The van der Waals surface area contributed by atoms with Crippen molar-refractivity contribution in [3.8, 4) is 0 Å². The van der Waals surface area contributed by atoms with Crippen LogP contribution in [0.25, 0.3) is 10.8 Å². The number of hydrogen-bond acceptors (Lipinski definition) is 5. The summed E-state index contributed by atoms with van der Waals surface area (Å²) >= 11 is 1.42. The fourth-order valence-electron chi connectivity index (χ4n) is 2.92. The third kappa shape index (κ3) is 2.63. The number of thioether (sulfide) groups is 1. The van der Waals surface area contributed by atoms with Crippen LogP contribution < -0.4 is 5.56 Å². The van der Waals surface area contributed by atoms with E-state index in [0.29, 0.717) is 10.9 Å². The lowest BCUT2D eigenvalue weighted by Gasteiger charge is -2.13. The van der Waals surface area contributed by atoms with E-state index >= 15 is 0 Å². The van der Waals surface area contributed by atoms with Crippen LogP contribution in [0, 0.1) is 0 Å². The molecule has 4 rings (SSSR count). The molecule has 1 aromatic heterocycles. The van der Waals surface area contributed by atoms with Gasteiger partial charge in [-0.3, -0.25) is 9.36 Å². The SMILES string of the molecule is O=c1ccnc2n1[C@H](CS(=O)(=O)c1ccc3ccccc3c1)CS2. The molecule has 0 bridgehead atoms. The van der Waals surface area contributed by atoms with Crippen LogP contribution >= 0.6 is 11.8 Å². The molecule has 24 heavy (non-hydrogen) atoms. The molecule has 122 valence electrons. The van der Waals surface area contributed by atoms with Crippen LogP contribution in [0.4, 0.5) is 0 Å². The van der Waals surface area contributed by atoms with E-state index in [1.165, 1.54) is 28.6 Å². The number of rotatable bonds is 3. The molecule has 0 radical (unpaired) electrons. The van der Waals surface area contributed by atoms with E-state index in [4.69, 9.17) is 0 Å². The number of aromatic nitrogens is 2. The summed E-state index contributed by atoms with van der Waals surface area (Å²) in [5.41, 5.74) is -0.205. The van der Waals surface area contributed by atoms with Gasteiger partial charge in [0.1, 0.15) is 0 Å². The van der Waals surface area contributed by atoms with Gasteiger partial charge in [0.05, 0.1) is 16.7 Å². The Balaban J connectivity index is 1.70. The van der Waals surface area contributed by atoms with E-state index in [2.05, 4.69) is 4.98 Å². The van der Waals surface area contributed by atoms with Crippen molar-refractivity contribution in [3.63, 3.8) is 0 Å². The van der Waals surface area contributed by atoms with Crippen molar-refractivity contribution in [2.24, 2.45) is 0 Å². The zero-order valence-electron chi connectivity index (χ0n) is 12.6. The van der Waals surface area contributed by atoms with Gasteiger partial charge in [-0.25, -0.2) is 13.4 Å². The fraction of sp³-hybridized carbons (Fsp3) is 0.176. The summed E-state index contributed by atoms with van der Waals surface area (Å²) in [7, 11) is -3.50. The Bertz CT molecular complexity index is 1090. The Morgan fingerprint density at radius 3 is 2.75 bits per heavy atom. The molecule has 0 saturated carbocycles. The smallest absolute Gasteiger partial charge is 0.254 e. The maximum atomic E-state index is 12.8. The van der Waals surface area contributed by atoms with E-state index in [1.807, 2.05) is 30.3 Å². The second-order valence-electron chi connectivity index (χ2n) is 5.69. The molecule has 2 heterocycles. The summed E-state index contributed by atoms with van der Waals surface area (Å²) in [6, 6.07) is 13.8. The summed E-state index contributed by atoms with van der Waals surface area (Å²) < 4.78 is 27.1. The lowest BCUT2D eigenvalue weighted by atomic mass is 10.1. The van der Waals surface area contributed by atoms with Crippen LogP contribution in [-0.4, -0.2) is 29.5 Å². The van der Waals surface area contributed by atoms with Crippen molar-refractivity contribution in [2.75, 3.05) is 11.5 Å². The van der Waals surface area contributed by atoms with Gasteiger partial charge in [-0.2, -0.15) is 0 Å². The number of fused-ring (bicyclic) bond motifs is 2. The Morgan fingerprint density at radius 2 is 1.92 bits per heavy atom. The quantitative estimate of drug-likeness (QED) is 0.673. The summed E-state index contributed by atoms with van der Waals surface area (Å²) in [4.78, 5) is 16.5. The van der Waals surface area contributed by atoms with Crippen molar-refractivity contribution < 1.29 is 8.42 Å². The van der Waals surface area contributed by atoms with Crippen LogP contribution in [0.5, 0.6) is 0 Å². The minimum absolute atomic E-state index is 0.100. The highest BCUT2D eigenvalue weighted by Crippen LogP contribution is 2.32. The molecule has 1 atom stereocenters. The lowest BCUT2D eigenvalue weighted by Crippen LogP contribution is -2.28. The summed E-state index contributed by atoms with van der Waals surface area (Å²) in [6.45, 7) is 0. The second kappa shape index (κ2) is 5.75. The maximum Gasteiger partial charge on any atom is 0.254 e. The molecule has 7 heteroatoms. The molecule has 0 unspecified atom stereocenters. The van der Waals surface area contributed by atoms with Crippen LogP contribution in [0.1, 0.15) is 6.04 Å². The second-order valence-corrected chi connectivity index (χ2v) is 8.71. The van der Waals surface area contributed by atoms with Gasteiger partial charge in [-0.1, -0.05) is 42.1 Å². The molecule has 0 amide bonds. The first-order chi connectivity index (χ1) is 11.5. The maximum absolute atomic E-state index is 12.8. The van der Waals surface area contributed by atoms with E-state index in [-0.39, 0.29) is 22.2 Å². The molecular formula is C17H14N2O3S2. The highest BCUT2D eigenvalue weighted by Gasteiger charge is 2.30. The number of hydrogen-bond donors (Lipinski definition) is 0. The van der Waals surface area contributed by atoms with E-state index in [0.717, 1.165) is 10.8 Å². The van der Waals surface area contributed by atoms with Gasteiger partial charge in [-0.05, 0) is 22.9 Å². The Hall–Kier alpha value is -2.12. The summed E-state index contributed by atoms with van der Waals surface area (Å²) in [6.07, 6.45) is 1.46. The number of sulfone groups is 1. The average molecular weight is 358 g/mol. The zero-order chi connectivity index (χ0) is 16.7. The molecule has 1 aliphatic heterocycles.